The van der Waals surface area contributed by atoms with E-state index in [0.717, 1.165) is 61.7 Å². The van der Waals surface area contributed by atoms with E-state index in [9.17, 15) is 5.11 Å². The molecule has 0 radical (unpaired) electrons. The topological polar surface area (TPSA) is 73.0 Å². The van der Waals surface area contributed by atoms with E-state index in [1.807, 2.05) is 18.2 Å². The van der Waals surface area contributed by atoms with Crippen molar-refractivity contribution in [2.45, 2.75) is 52.4 Å². The molecule has 170 valence electrons. The number of aryl methyl sites for hydroxylation is 1. The van der Waals surface area contributed by atoms with Crippen LogP contribution in [-0.4, -0.2) is 41.7 Å². The predicted octanol–water partition coefficient (Wildman–Crippen LogP) is 3.95. The van der Waals surface area contributed by atoms with Crippen LogP contribution < -0.4 is 10.6 Å². The van der Waals surface area contributed by atoms with Gasteiger partial charge in [-0.2, -0.15) is 0 Å². The molecule has 0 aliphatic carbocycles. The Morgan fingerprint density at radius 2 is 1.78 bits per heavy atom. The molecule has 4 rings (SSSR count). The number of piperidine rings is 1. The molecule has 0 amide bonds. The van der Waals surface area contributed by atoms with E-state index in [0.29, 0.717) is 13.1 Å². The quantitative estimate of drug-likeness (QED) is 0.388. The first-order chi connectivity index (χ1) is 15.6. The number of fused-ring (bicyclic) bond motifs is 1. The number of rotatable bonds is 7. The molecule has 1 saturated heterocycles. The van der Waals surface area contributed by atoms with Crippen LogP contribution in [0.15, 0.2) is 57.9 Å². The van der Waals surface area contributed by atoms with Crippen LogP contribution in [0.3, 0.4) is 0 Å². The second-order valence-electron chi connectivity index (χ2n) is 8.52. The van der Waals surface area contributed by atoms with E-state index < -0.39 is 0 Å². The first-order valence-electron chi connectivity index (χ1n) is 11.6. The fourth-order valence-electron chi connectivity index (χ4n) is 4.16. The molecule has 2 aromatic carbocycles. The van der Waals surface area contributed by atoms with Crippen LogP contribution in [0.2, 0.25) is 0 Å². The van der Waals surface area contributed by atoms with Crippen LogP contribution in [0.5, 0.6) is 0 Å². The van der Waals surface area contributed by atoms with E-state index in [1.165, 1.54) is 16.7 Å². The number of aliphatic hydroxyl groups excluding tert-OH is 1. The Balaban J connectivity index is 1.33. The van der Waals surface area contributed by atoms with Gasteiger partial charge in [0, 0.05) is 37.1 Å². The van der Waals surface area contributed by atoms with Gasteiger partial charge in [0.25, 0.3) is 0 Å². The zero-order valence-electron chi connectivity index (χ0n) is 19.1. The second-order valence-corrected chi connectivity index (χ2v) is 8.52. The lowest BCUT2D eigenvalue weighted by Gasteiger charge is -2.29. The van der Waals surface area contributed by atoms with Crippen molar-refractivity contribution in [3.8, 4) is 0 Å². The molecular formula is C26H34N4O2. The first kappa shape index (κ1) is 22.4. The van der Waals surface area contributed by atoms with E-state index in [2.05, 4.69) is 59.7 Å². The molecule has 6 nitrogen and oxygen atoms in total. The zero-order chi connectivity index (χ0) is 22.3. The third-order valence-electron chi connectivity index (χ3n) is 6.11. The van der Waals surface area contributed by atoms with Crippen LogP contribution in [0.25, 0.3) is 11.0 Å². The summed E-state index contributed by atoms with van der Waals surface area (Å²) in [6, 6.07) is 16.8. The molecule has 6 heteroatoms. The Kier molecular flexibility index (Phi) is 7.45. The average Bonchev–Trinajstić information content (AvgIpc) is 3.14. The minimum Gasteiger partial charge on any atom is -0.459 e. The number of likely N-dealkylation sites (tertiary alicyclic amines) is 1. The maximum Gasteiger partial charge on any atom is 0.191 e. The highest BCUT2D eigenvalue weighted by Crippen LogP contribution is 2.24. The van der Waals surface area contributed by atoms with Gasteiger partial charge in [0.2, 0.25) is 0 Å². The maximum absolute atomic E-state index is 9.67. The van der Waals surface area contributed by atoms with Gasteiger partial charge in [-0.25, -0.2) is 4.99 Å². The fraction of sp³-hybridized carbons (Fsp3) is 0.423. The number of aliphatic hydroxyl groups is 1. The molecule has 3 aromatic rings. The Morgan fingerprint density at radius 1 is 1.06 bits per heavy atom. The zero-order valence-corrected chi connectivity index (χ0v) is 19.1. The molecular weight excluding hydrogens is 400 g/mol. The van der Waals surface area contributed by atoms with Crippen molar-refractivity contribution in [3.63, 3.8) is 0 Å². The highest BCUT2D eigenvalue weighted by Gasteiger charge is 2.16. The van der Waals surface area contributed by atoms with Crippen LogP contribution in [-0.2, 0) is 19.6 Å². The molecule has 3 N–H and O–H groups in total. The van der Waals surface area contributed by atoms with E-state index in [1.54, 1.807) is 0 Å². The summed E-state index contributed by atoms with van der Waals surface area (Å²) in [6.07, 6.45) is 1.63. The van der Waals surface area contributed by atoms with Crippen molar-refractivity contribution < 1.29 is 9.52 Å². The summed E-state index contributed by atoms with van der Waals surface area (Å²) in [5, 5.41) is 17.5. The van der Waals surface area contributed by atoms with Crippen molar-refractivity contribution in [1.29, 1.82) is 0 Å². The number of benzene rings is 2. The van der Waals surface area contributed by atoms with Crippen LogP contribution in [0, 0.1) is 6.92 Å². The highest BCUT2D eigenvalue weighted by atomic mass is 16.3. The Hall–Kier alpha value is -2.83. The van der Waals surface area contributed by atoms with Crippen molar-refractivity contribution >= 4 is 16.9 Å². The SMILES string of the molecule is CCNC(=NCc1ccc(CN2CCC(O)CC2)cc1)NCc1oc2ccccc2c1C. The maximum atomic E-state index is 9.67. The van der Waals surface area contributed by atoms with Gasteiger partial charge in [-0.05, 0) is 43.9 Å². The van der Waals surface area contributed by atoms with E-state index >= 15 is 0 Å². The number of hydrogen-bond donors (Lipinski definition) is 3. The lowest BCUT2D eigenvalue weighted by atomic mass is 10.1. The highest BCUT2D eigenvalue weighted by molar-refractivity contribution is 5.83. The number of hydrogen-bond acceptors (Lipinski definition) is 4. The summed E-state index contributed by atoms with van der Waals surface area (Å²) >= 11 is 0. The van der Waals surface area contributed by atoms with Gasteiger partial charge in [0.15, 0.2) is 5.96 Å². The van der Waals surface area contributed by atoms with Crippen molar-refractivity contribution in [1.82, 2.24) is 15.5 Å². The van der Waals surface area contributed by atoms with Gasteiger partial charge in [0.1, 0.15) is 11.3 Å². The molecule has 1 fully saturated rings. The molecule has 0 spiro atoms. The molecule has 2 heterocycles. The van der Waals surface area contributed by atoms with Gasteiger partial charge < -0.3 is 20.2 Å². The number of para-hydroxylation sites is 1. The molecule has 1 aliphatic heterocycles. The summed E-state index contributed by atoms with van der Waals surface area (Å²) in [4.78, 5) is 7.16. The predicted molar refractivity (Wildman–Crippen MR) is 130 cm³/mol. The number of guanidine groups is 1. The third kappa shape index (κ3) is 5.69. The minimum atomic E-state index is -0.123. The molecule has 32 heavy (non-hydrogen) atoms. The monoisotopic (exact) mass is 434 g/mol. The fourth-order valence-corrected chi connectivity index (χ4v) is 4.16. The van der Waals surface area contributed by atoms with Crippen molar-refractivity contribution in [2.24, 2.45) is 4.99 Å². The smallest absolute Gasteiger partial charge is 0.191 e. The summed E-state index contributed by atoms with van der Waals surface area (Å²) < 4.78 is 6.01. The third-order valence-corrected chi connectivity index (χ3v) is 6.11. The van der Waals surface area contributed by atoms with Crippen molar-refractivity contribution in [2.75, 3.05) is 19.6 Å². The van der Waals surface area contributed by atoms with E-state index in [4.69, 9.17) is 9.41 Å². The lowest BCUT2D eigenvalue weighted by molar-refractivity contribution is 0.0792. The Labute approximate surface area is 190 Å². The Morgan fingerprint density at radius 3 is 2.50 bits per heavy atom. The number of nitrogens with zero attached hydrogens (tertiary/aromatic N) is 2. The van der Waals surface area contributed by atoms with Crippen LogP contribution in [0.4, 0.5) is 0 Å². The summed E-state index contributed by atoms with van der Waals surface area (Å²) in [5.41, 5.74) is 4.58. The van der Waals surface area contributed by atoms with Crippen LogP contribution in [0.1, 0.15) is 42.2 Å². The molecule has 0 saturated carbocycles. The van der Waals surface area contributed by atoms with Gasteiger partial charge in [0.05, 0.1) is 19.2 Å². The summed E-state index contributed by atoms with van der Waals surface area (Å²) in [7, 11) is 0. The first-order valence-corrected chi connectivity index (χ1v) is 11.6. The van der Waals surface area contributed by atoms with Crippen molar-refractivity contribution in [3.05, 3.63) is 71.0 Å². The molecule has 1 aromatic heterocycles. The van der Waals surface area contributed by atoms with Crippen LogP contribution >= 0.6 is 0 Å². The van der Waals surface area contributed by atoms with Gasteiger partial charge in [-0.15, -0.1) is 0 Å². The Bertz CT molecular complexity index is 1030. The number of furan rings is 1. The molecule has 0 unspecified atom stereocenters. The minimum absolute atomic E-state index is 0.123. The summed E-state index contributed by atoms with van der Waals surface area (Å²) in [5.74, 6) is 1.72. The second kappa shape index (κ2) is 10.7. The molecule has 0 atom stereocenters. The summed E-state index contributed by atoms with van der Waals surface area (Å²) in [6.45, 7) is 9.05. The average molecular weight is 435 g/mol. The van der Waals surface area contributed by atoms with E-state index in [-0.39, 0.29) is 6.10 Å². The lowest BCUT2D eigenvalue weighted by Crippen LogP contribution is -2.36. The number of nitrogens with one attached hydrogen (secondary N) is 2. The standard InChI is InChI=1S/C26H34N4O2/c1-3-27-26(29-17-25-19(2)23-6-4-5-7-24(23)32-25)28-16-20-8-10-21(11-9-20)18-30-14-12-22(31)13-15-30/h4-11,22,31H,3,12-18H2,1-2H3,(H2,27,28,29). The van der Waals surface area contributed by atoms with Gasteiger partial charge in [-0.3, -0.25) is 4.90 Å². The largest absolute Gasteiger partial charge is 0.459 e. The normalized spacial score (nSPS) is 15.9. The molecule has 0 bridgehead atoms. The number of aliphatic imine (C=N–C) groups is 1. The molecule has 1 aliphatic rings. The van der Waals surface area contributed by atoms with Gasteiger partial charge >= 0.3 is 0 Å². The van der Waals surface area contributed by atoms with Gasteiger partial charge in [-0.1, -0.05) is 42.5 Å².